The number of hydrogen-bond donors (Lipinski definition) is 1. The highest BCUT2D eigenvalue weighted by Gasteiger charge is 2.42. The second-order valence-electron chi connectivity index (χ2n) is 8.84. The molecule has 0 aromatic heterocycles. The molecule has 1 amide bonds. The smallest absolute Gasteiger partial charge is 0.251 e. The summed E-state index contributed by atoms with van der Waals surface area (Å²) in [5.74, 6) is 1.96. The number of rotatable bonds is 5. The lowest BCUT2D eigenvalue weighted by Crippen LogP contribution is -2.47. The first-order chi connectivity index (χ1) is 13.3. The molecule has 4 atom stereocenters. The van der Waals surface area contributed by atoms with Crippen molar-refractivity contribution in [3.63, 3.8) is 0 Å². The molecule has 2 aliphatic carbocycles. The fourth-order valence-corrected chi connectivity index (χ4v) is 6.75. The Morgan fingerprint density at radius 1 is 1.14 bits per heavy atom. The summed E-state index contributed by atoms with van der Waals surface area (Å²) >= 11 is 0. The van der Waals surface area contributed by atoms with Crippen LogP contribution in [0.5, 0.6) is 0 Å². The first kappa shape index (κ1) is 19.9. The van der Waals surface area contributed by atoms with E-state index < -0.39 is 10.0 Å². The average molecular weight is 406 g/mol. The SMILES string of the molecule is C[C@@H](NC(=O)c1cccc(S(=O)(=O)N2CCN(C)CC2)c1)[C@@H]1C[C@H]2CC[C@H]1C2. The van der Waals surface area contributed by atoms with Crippen LogP contribution in [0, 0.1) is 17.8 Å². The number of fused-ring (bicyclic) bond motifs is 2. The van der Waals surface area contributed by atoms with Gasteiger partial charge in [-0.05, 0) is 69.2 Å². The highest BCUT2D eigenvalue weighted by Crippen LogP contribution is 2.49. The minimum Gasteiger partial charge on any atom is -0.349 e. The van der Waals surface area contributed by atoms with Crippen molar-refractivity contribution in [3.05, 3.63) is 29.8 Å². The number of nitrogens with one attached hydrogen (secondary N) is 1. The highest BCUT2D eigenvalue weighted by atomic mass is 32.2. The highest BCUT2D eigenvalue weighted by molar-refractivity contribution is 7.89. The molecular formula is C21H31N3O3S. The summed E-state index contributed by atoms with van der Waals surface area (Å²) in [6.07, 6.45) is 5.15. The molecule has 2 bridgehead atoms. The third-order valence-corrected chi connectivity index (χ3v) is 8.88. The lowest BCUT2D eigenvalue weighted by atomic mass is 9.84. The summed E-state index contributed by atoms with van der Waals surface area (Å²) in [7, 11) is -1.57. The summed E-state index contributed by atoms with van der Waals surface area (Å²) in [6.45, 7) is 4.50. The van der Waals surface area contributed by atoms with Crippen molar-refractivity contribution in [3.8, 4) is 0 Å². The van der Waals surface area contributed by atoms with Gasteiger partial charge in [0.25, 0.3) is 5.91 Å². The molecule has 1 aromatic rings. The molecule has 4 rings (SSSR count). The van der Waals surface area contributed by atoms with Gasteiger partial charge in [-0.2, -0.15) is 4.31 Å². The number of hydrogen-bond acceptors (Lipinski definition) is 4. The number of likely N-dealkylation sites (N-methyl/N-ethyl adjacent to an activating group) is 1. The van der Waals surface area contributed by atoms with Crippen LogP contribution in [0.1, 0.15) is 43.0 Å². The minimum atomic E-state index is -3.57. The molecule has 1 aromatic carbocycles. The molecule has 1 aliphatic heterocycles. The molecule has 1 heterocycles. The van der Waals surface area contributed by atoms with Crippen LogP contribution in [0.15, 0.2) is 29.2 Å². The van der Waals surface area contributed by atoms with Crippen molar-refractivity contribution >= 4 is 15.9 Å². The lowest BCUT2D eigenvalue weighted by molar-refractivity contribution is 0.0915. The van der Waals surface area contributed by atoms with Gasteiger partial charge in [-0.3, -0.25) is 4.79 Å². The van der Waals surface area contributed by atoms with E-state index in [1.165, 1.54) is 36.1 Å². The molecule has 2 saturated carbocycles. The van der Waals surface area contributed by atoms with Gasteiger partial charge in [-0.25, -0.2) is 8.42 Å². The second-order valence-corrected chi connectivity index (χ2v) is 10.8. The van der Waals surface area contributed by atoms with E-state index in [-0.39, 0.29) is 16.8 Å². The topological polar surface area (TPSA) is 69.7 Å². The zero-order chi connectivity index (χ0) is 19.9. The lowest BCUT2D eigenvalue weighted by Gasteiger charge is -2.31. The van der Waals surface area contributed by atoms with Crippen molar-refractivity contribution in [2.75, 3.05) is 33.2 Å². The first-order valence-electron chi connectivity index (χ1n) is 10.4. The monoisotopic (exact) mass is 405 g/mol. The average Bonchev–Trinajstić information content (AvgIpc) is 3.32. The van der Waals surface area contributed by atoms with Crippen LogP contribution in [0.4, 0.5) is 0 Å². The van der Waals surface area contributed by atoms with Crippen LogP contribution in [-0.4, -0.2) is 62.8 Å². The van der Waals surface area contributed by atoms with Gasteiger partial charge in [-0.15, -0.1) is 0 Å². The van der Waals surface area contributed by atoms with Crippen molar-refractivity contribution in [1.82, 2.24) is 14.5 Å². The minimum absolute atomic E-state index is 0.126. The number of nitrogens with zero attached hydrogens (tertiary/aromatic N) is 2. The van der Waals surface area contributed by atoms with Crippen LogP contribution < -0.4 is 5.32 Å². The molecule has 0 spiro atoms. The normalized spacial score (nSPS) is 29.7. The number of amides is 1. The summed E-state index contributed by atoms with van der Waals surface area (Å²) in [4.78, 5) is 15.1. The standard InChI is InChI=1S/C21H31N3O3S/c1-15(20-13-16-6-7-17(20)12-16)22-21(25)18-4-3-5-19(14-18)28(26,27)24-10-8-23(2)9-11-24/h3-5,14-17,20H,6-13H2,1-2H3,(H,22,25)/t15-,16+,17+,20+/m1/s1. The molecule has 154 valence electrons. The molecule has 6 nitrogen and oxygen atoms in total. The molecule has 7 heteroatoms. The number of carbonyl (C=O) groups is 1. The second kappa shape index (κ2) is 7.76. The Hall–Kier alpha value is -1.44. The van der Waals surface area contributed by atoms with E-state index >= 15 is 0 Å². The van der Waals surface area contributed by atoms with E-state index in [1.54, 1.807) is 18.2 Å². The van der Waals surface area contributed by atoms with Crippen LogP contribution in [0.25, 0.3) is 0 Å². The van der Waals surface area contributed by atoms with E-state index in [0.29, 0.717) is 24.6 Å². The number of piperazine rings is 1. The van der Waals surface area contributed by atoms with Crippen LogP contribution in [-0.2, 0) is 10.0 Å². The summed E-state index contributed by atoms with van der Waals surface area (Å²) in [6, 6.07) is 6.60. The van der Waals surface area contributed by atoms with Gasteiger partial charge in [0.15, 0.2) is 0 Å². The summed E-state index contributed by atoms with van der Waals surface area (Å²) < 4.78 is 27.4. The Bertz CT molecular complexity index is 833. The van der Waals surface area contributed by atoms with Gasteiger partial charge in [0.05, 0.1) is 4.90 Å². The molecule has 1 saturated heterocycles. The van der Waals surface area contributed by atoms with Gasteiger partial charge in [0.1, 0.15) is 0 Å². The molecule has 28 heavy (non-hydrogen) atoms. The van der Waals surface area contributed by atoms with E-state index in [1.807, 2.05) is 7.05 Å². The van der Waals surface area contributed by atoms with Crippen LogP contribution in [0.2, 0.25) is 0 Å². The van der Waals surface area contributed by atoms with E-state index in [4.69, 9.17) is 0 Å². The zero-order valence-electron chi connectivity index (χ0n) is 16.8. The molecule has 0 unspecified atom stereocenters. The van der Waals surface area contributed by atoms with Gasteiger partial charge in [0, 0.05) is 37.8 Å². The summed E-state index contributed by atoms with van der Waals surface area (Å²) in [5.41, 5.74) is 0.421. The summed E-state index contributed by atoms with van der Waals surface area (Å²) in [5, 5.41) is 3.13. The Morgan fingerprint density at radius 3 is 2.54 bits per heavy atom. The van der Waals surface area contributed by atoms with Crippen molar-refractivity contribution in [2.45, 2.75) is 43.5 Å². The van der Waals surface area contributed by atoms with Crippen molar-refractivity contribution in [1.29, 1.82) is 0 Å². The number of sulfonamides is 1. The maximum absolute atomic E-state index is 13.0. The molecule has 0 radical (unpaired) electrons. The molecule has 3 aliphatic rings. The van der Waals surface area contributed by atoms with Gasteiger partial charge >= 0.3 is 0 Å². The van der Waals surface area contributed by atoms with Gasteiger partial charge in [0.2, 0.25) is 10.0 Å². The maximum atomic E-state index is 13.0. The third-order valence-electron chi connectivity index (χ3n) is 6.99. The number of benzene rings is 1. The van der Waals surface area contributed by atoms with Crippen LogP contribution in [0.3, 0.4) is 0 Å². The van der Waals surface area contributed by atoms with E-state index in [2.05, 4.69) is 17.1 Å². The predicted octanol–water partition coefficient (Wildman–Crippen LogP) is 2.18. The Morgan fingerprint density at radius 2 is 1.89 bits per heavy atom. The quantitative estimate of drug-likeness (QED) is 0.815. The largest absolute Gasteiger partial charge is 0.349 e. The Balaban J connectivity index is 1.45. The predicted molar refractivity (Wildman–Crippen MR) is 109 cm³/mol. The van der Waals surface area contributed by atoms with Gasteiger partial charge in [-0.1, -0.05) is 12.5 Å². The number of carbonyl (C=O) groups excluding carboxylic acids is 1. The van der Waals surface area contributed by atoms with E-state index in [0.717, 1.165) is 24.9 Å². The zero-order valence-corrected chi connectivity index (χ0v) is 17.6. The third kappa shape index (κ3) is 3.84. The Kier molecular flexibility index (Phi) is 5.51. The molecule has 3 fully saturated rings. The first-order valence-corrected chi connectivity index (χ1v) is 11.9. The molecular weight excluding hydrogens is 374 g/mol. The van der Waals surface area contributed by atoms with Gasteiger partial charge < -0.3 is 10.2 Å². The van der Waals surface area contributed by atoms with Crippen molar-refractivity contribution in [2.24, 2.45) is 17.8 Å². The van der Waals surface area contributed by atoms with Crippen LogP contribution >= 0.6 is 0 Å². The Labute approximate surface area is 168 Å². The molecule has 1 N–H and O–H groups in total. The van der Waals surface area contributed by atoms with Crippen molar-refractivity contribution < 1.29 is 13.2 Å². The maximum Gasteiger partial charge on any atom is 0.251 e. The fourth-order valence-electron chi connectivity index (χ4n) is 5.28. The fraction of sp³-hybridized carbons (Fsp3) is 0.667. The van der Waals surface area contributed by atoms with E-state index in [9.17, 15) is 13.2 Å².